The average Bonchev–Trinajstić information content (AvgIpc) is 2.85. The Hall–Kier alpha value is -1.51. The van der Waals surface area contributed by atoms with Crippen LogP contribution in [0.3, 0.4) is 0 Å². The molecule has 4 bridgehead atoms. The zero-order chi connectivity index (χ0) is 16.1. The molecule has 1 aliphatic heterocycles. The summed E-state index contributed by atoms with van der Waals surface area (Å²) in [5.41, 5.74) is 1.67. The molecule has 24 heavy (non-hydrogen) atoms. The second-order valence-corrected chi connectivity index (χ2v) is 8.99. The number of nitrogens with zero attached hydrogens (tertiary/aromatic N) is 1. The van der Waals surface area contributed by atoms with Gasteiger partial charge in [0.1, 0.15) is 6.10 Å². The fourth-order valence-electron chi connectivity index (χ4n) is 6.58. The molecule has 1 atom stereocenters. The molecule has 6 rings (SSSR count). The van der Waals surface area contributed by atoms with Crippen LogP contribution in [0.25, 0.3) is 0 Å². The minimum atomic E-state index is -0.0772. The first-order valence-electron chi connectivity index (χ1n) is 9.67. The third-order valence-electron chi connectivity index (χ3n) is 6.95. The van der Waals surface area contributed by atoms with E-state index in [-0.39, 0.29) is 12.2 Å². The molecule has 0 radical (unpaired) electrons. The summed E-state index contributed by atoms with van der Waals surface area (Å²) in [5.74, 6) is 2.82. The molecule has 0 spiro atoms. The van der Waals surface area contributed by atoms with E-state index in [9.17, 15) is 4.79 Å². The second kappa shape index (κ2) is 5.50. The van der Waals surface area contributed by atoms with Crippen molar-refractivity contribution in [3.05, 3.63) is 35.9 Å². The number of hydrogen-bond donors (Lipinski definition) is 0. The summed E-state index contributed by atoms with van der Waals surface area (Å²) in [6.07, 6.45) is 9.22. The largest absolute Gasteiger partial charge is 0.444 e. The van der Waals surface area contributed by atoms with Crippen LogP contribution in [-0.4, -0.2) is 30.2 Å². The lowest BCUT2D eigenvalue weighted by atomic mass is 9.49. The Balaban J connectivity index is 1.26. The van der Waals surface area contributed by atoms with E-state index in [2.05, 4.69) is 24.3 Å². The molecule has 5 fully saturated rings. The molecule has 3 heteroatoms. The quantitative estimate of drug-likeness (QED) is 0.827. The SMILES string of the molecule is O=C1OC(Cc2ccccc2)CN1CC12CC3CC(CC(C3)C1)C2. The number of hydrogen-bond acceptors (Lipinski definition) is 2. The first kappa shape index (κ1) is 14.8. The summed E-state index contributed by atoms with van der Waals surface area (Å²) < 4.78 is 5.68. The molecule has 1 amide bonds. The topological polar surface area (TPSA) is 29.5 Å². The Morgan fingerprint density at radius 3 is 2.25 bits per heavy atom. The maximum Gasteiger partial charge on any atom is 0.410 e. The van der Waals surface area contributed by atoms with Gasteiger partial charge in [-0.1, -0.05) is 30.3 Å². The molecular weight excluding hydrogens is 298 g/mol. The lowest BCUT2D eigenvalue weighted by Gasteiger charge is -2.57. The van der Waals surface area contributed by atoms with Crippen LogP contribution in [0.5, 0.6) is 0 Å². The van der Waals surface area contributed by atoms with Crippen LogP contribution < -0.4 is 0 Å². The summed E-state index contributed by atoms with van der Waals surface area (Å²) in [7, 11) is 0. The Bertz CT molecular complexity index is 591. The van der Waals surface area contributed by atoms with Crippen molar-refractivity contribution in [3.63, 3.8) is 0 Å². The Morgan fingerprint density at radius 1 is 1.00 bits per heavy atom. The van der Waals surface area contributed by atoms with Crippen LogP contribution in [0.15, 0.2) is 30.3 Å². The van der Waals surface area contributed by atoms with E-state index < -0.39 is 0 Å². The third-order valence-corrected chi connectivity index (χ3v) is 6.95. The third kappa shape index (κ3) is 2.62. The number of benzene rings is 1. The van der Waals surface area contributed by atoms with Gasteiger partial charge in [0.15, 0.2) is 0 Å². The monoisotopic (exact) mass is 325 g/mol. The van der Waals surface area contributed by atoms with Crippen LogP contribution in [-0.2, 0) is 11.2 Å². The molecule has 128 valence electrons. The van der Waals surface area contributed by atoms with E-state index in [4.69, 9.17) is 4.74 Å². The van der Waals surface area contributed by atoms with Crippen molar-refractivity contribution in [2.75, 3.05) is 13.1 Å². The smallest absolute Gasteiger partial charge is 0.410 e. The van der Waals surface area contributed by atoms with Crippen molar-refractivity contribution >= 4 is 6.09 Å². The fourth-order valence-corrected chi connectivity index (χ4v) is 6.58. The van der Waals surface area contributed by atoms with Gasteiger partial charge in [-0.25, -0.2) is 4.79 Å². The number of ether oxygens (including phenoxy) is 1. The second-order valence-electron chi connectivity index (χ2n) is 8.99. The summed E-state index contributed by atoms with van der Waals surface area (Å²) in [6.45, 7) is 1.72. The van der Waals surface area contributed by atoms with Gasteiger partial charge in [-0.05, 0) is 67.3 Å². The maximum absolute atomic E-state index is 12.4. The van der Waals surface area contributed by atoms with Crippen molar-refractivity contribution in [2.45, 2.75) is 51.0 Å². The Labute approximate surface area is 144 Å². The lowest BCUT2D eigenvalue weighted by Crippen LogP contribution is -2.51. The summed E-state index contributed by atoms with van der Waals surface area (Å²) in [6, 6.07) is 10.4. The number of rotatable bonds is 4. The van der Waals surface area contributed by atoms with Crippen molar-refractivity contribution in [3.8, 4) is 0 Å². The Kier molecular flexibility index (Phi) is 3.39. The van der Waals surface area contributed by atoms with Gasteiger partial charge in [-0.3, -0.25) is 0 Å². The highest BCUT2D eigenvalue weighted by molar-refractivity contribution is 5.70. The van der Waals surface area contributed by atoms with E-state index >= 15 is 0 Å². The van der Waals surface area contributed by atoms with Gasteiger partial charge in [-0.15, -0.1) is 0 Å². The van der Waals surface area contributed by atoms with Gasteiger partial charge in [-0.2, -0.15) is 0 Å². The summed E-state index contributed by atoms with van der Waals surface area (Å²) >= 11 is 0. The minimum Gasteiger partial charge on any atom is -0.444 e. The van der Waals surface area contributed by atoms with Gasteiger partial charge in [0.05, 0.1) is 6.54 Å². The molecule has 1 aromatic carbocycles. The van der Waals surface area contributed by atoms with E-state index in [1.54, 1.807) is 0 Å². The molecule has 3 nitrogen and oxygen atoms in total. The number of carbonyl (C=O) groups is 1. The van der Waals surface area contributed by atoms with Gasteiger partial charge < -0.3 is 9.64 Å². The first-order chi connectivity index (χ1) is 11.7. The Morgan fingerprint density at radius 2 is 1.62 bits per heavy atom. The van der Waals surface area contributed by atoms with Crippen molar-refractivity contribution in [1.29, 1.82) is 0 Å². The van der Waals surface area contributed by atoms with Crippen molar-refractivity contribution in [1.82, 2.24) is 4.90 Å². The zero-order valence-electron chi connectivity index (χ0n) is 14.3. The summed E-state index contributed by atoms with van der Waals surface area (Å²) in [5, 5.41) is 0. The lowest BCUT2D eigenvalue weighted by molar-refractivity contribution is -0.0627. The fraction of sp³-hybridized carbons (Fsp3) is 0.667. The van der Waals surface area contributed by atoms with Crippen molar-refractivity contribution in [2.24, 2.45) is 23.2 Å². The molecule has 1 saturated heterocycles. The molecule has 0 N–H and O–H groups in total. The van der Waals surface area contributed by atoms with E-state index in [1.807, 2.05) is 11.0 Å². The molecule has 4 saturated carbocycles. The highest BCUT2D eigenvalue weighted by atomic mass is 16.6. The number of carbonyl (C=O) groups excluding carboxylic acids is 1. The summed E-state index contributed by atoms with van der Waals surface area (Å²) in [4.78, 5) is 14.4. The van der Waals surface area contributed by atoms with Crippen LogP contribution in [0.2, 0.25) is 0 Å². The van der Waals surface area contributed by atoms with Crippen molar-refractivity contribution < 1.29 is 9.53 Å². The number of cyclic esters (lactones) is 1. The number of amides is 1. The normalized spacial score (nSPS) is 40.2. The van der Waals surface area contributed by atoms with Crippen LogP contribution in [0.1, 0.15) is 44.1 Å². The highest BCUT2D eigenvalue weighted by Crippen LogP contribution is 2.60. The molecule has 1 heterocycles. The van der Waals surface area contributed by atoms with Gasteiger partial charge in [0, 0.05) is 13.0 Å². The molecule has 5 aliphatic rings. The van der Waals surface area contributed by atoms with E-state index in [1.165, 1.54) is 44.1 Å². The predicted molar refractivity (Wildman–Crippen MR) is 92.6 cm³/mol. The van der Waals surface area contributed by atoms with Gasteiger partial charge in [0.25, 0.3) is 0 Å². The van der Waals surface area contributed by atoms with Gasteiger partial charge in [0.2, 0.25) is 0 Å². The molecule has 4 aliphatic carbocycles. The van der Waals surface area contributed by atoms with Crippen LogP contribution in [0.4, 0.5) is 4.79 Å². The van der Waals surface area contributed by atoms with Crippen LogP contribution in [0, 0.1) is 23.2 Å². The molecule has 1 aromatic rings. The average molecular weight is 325 g/mol. The standard InChI is InChI=1S/C21H27NO2/c23-20-22(13-19(24-20)9-15-4-2-1-3-5-15)14-21-10-16-6-17(11-21)8-18(7-16)12-21/h1-5,16-19H,6-14H2. The highest BCUT2D eigenvalue weighted by Gasteiger charge is 2.52. The predicted octanol–water partition coefficient (Wildman–Crippen LogP) is 4.27. The minimum absolute atomic E-state index is 0.0220. The van der Waals surface area contributed by atoms with Crippen LogP contribution >= 0.6 is 0 Å². The maximum atomic E-state index is 12.4. The molecule has 0 aromatic heterocycles. The first-order valence-corrected chi connectivity index (χ1v) is 9.67. The molecular formula is C21H27NO2. The van der Waals surface area contributed by atoms with E-state index in [0.29, 0.717) is 5.41 Å². The van der Waals surface area contributed by atoms with Gasteiger partial charge >= 0.3 is 6.09 Å². The molecule has 1 unspecified atom stereocenters. The van der Waals surface area contributed by atoms with E-state index in [0.717, 1.165) is 37.3 Å². The zero-order valence-corrected chi connectivity index (χ0v) is 14.3.